The van der Waals surface area contributed by atoms with E-state index < -0.39 is 0 Å². The Hall–Kier alpha value is -2.63. The summed E-state index contributed by atoms with van der Waals surface area (Å²) in [5.74, 6) is 1.31. The molecular weight excluding hydrogens is 268 g/mol. The quantitative estimate of drug-likeness (QED) is 0.808. The highest BCUT2D eigenvalue weighted by Crippen LogP contribution is 2.10. The summed E-state index contributed by atoms with van der Waals surface area (Å²) in [5.41, 5.74) is 1.03. The topological polar surface area (TPSA) is 76.1 Å². The molecule has 0 fully saturated rings. The van der Waals surface area contributed by atoms with Gasteiger partial charge < -0.3 is 15.4 Å². The predicted octanol–water partition coefficient (Wildman–Crippen LogP) is 1.60. The second-order valence-electron chi connectivity index (χ2n) is 4.37. The number of methoxy groups -OCH3 is 1. The van der Waals surface area contributed by atoms with Crippen molar-refractivity contribution in [2.24, 2.45) is 0 Å². The fraction of sp³-hybridized carbons (Fsp3) is 0.267. The van der Waals surface area contributed by atoms with Crippen LogP contribution in [0, 0.1) is 0 Å². The molecular formula is C15H18N4O2. The SMILES string of the molecule is COc1ccc(CNC(=O)CCNc2ncccn2)cc1. The number of amides is 1. The fourth-order valence-electron chi connectivity index (χ4n) is 1.71. The van der Waals surface area contributed by atoms with Gasteiger partial charge in [0.15, 0.2) is 0 Å². The van der Waals surface area contributed by atoms with Gasteiger partial charge in [0.2, 0.25) is 11.9 Å². The molecule has 1 aromatic carbocycles. The van der Waals surface area contributed by atoms with E-state index in [1.807, 2.05) is 24.3 Å². The molecule has 0 spiro atoms. The molecule has 1 amide bonds. The minimum absolute atomic E-state index is 0.0192. The third-order valence-corrected chi connectivity index (χ3v) is 2.85. The Morgan fingerprint density at radius 3 is 2.57 bits per heavy atom. The van der Waals surface area contributed by atoms with E-state index in [1.54, 1.807) is 25.6 Å². The zero-order valence-electron chi connectivity index (χ0n) is 11.9. The second kappa shape index (κ2) is 7.84. The molecule has 2 rings (SSSR count). The summed E-state index contributed by atoms with van der Waals surface area (Å²) >= 11 is 0. The van der Waals surface area contributed by atoms with Gasteiger partial charge in [0.05, 0.1) is 7.11 Å². The predicted molar refractivity (Wildman–Crippen MR) is 80.0 cm³/mol. The van der Waals surface area contributed by atoms with Crippen molar-refractivity contribution in [2.75, 3.05) is 19.0 Å². The number of benzene rings is 1. The third kappa shape index (κ3) is 5.10. The normalized spacial score (nSPS) is 9.95. The van der Waals surface area contributed by atoms with E-state index >= 15 is 0 Å². The Bertz CT molecular complexity index is 558. The molecule has 21 heavy (non-hydrogen) atoms. The number of carbonyl (C=O) groups excluding carboxylic acids is 1. The van der Waals surface area contributed by atoms with Crippen LogP contribution in [0.3, 0.4) is 0 Å². The number of anilines is 1. The number of aromatic nitrogens is 2. The molecule has 2 aromatic rings. The van der Waals surface area contributed by atoms with Crippen LogP contribution in [-0.4, -0.2) is 29.5 Å². The van der Waals surface area contributed by atoms with Crippen LogP contribution >= 0.6 is 0 Å². The van der Waals surface area contributed by atoms with E-state index in [0.717, 1.165) is 11.3 Å². The molecule has 0 aliphatic rings. The minimum Gasteiger partial charge on any atom is -0.497 e. The van der Waals surface area contributed by atoms with E-state index in [1.165, 1.54) is 0 Å². The molecule has 0 radical (unpaired) electrons. The molecule has 0 atom stereocenters. The molecule has 2 N–H and O–H groups in total. The smallest absolute Gasteiger partial charge is 0.222 e. The van der Waals surface area contributed by atoms with Crippen molar-refractivity contribution in [1.29, 1.82) is 0 Å². The summed E-state index contributed by atoms with van der Waals surface area (Å²) in [7, 11) is 1.63. The molecule has 0 aliphatic carbocycles. The van der Waals surface area contributed by atoms with E-state index in [-0.39, 0.29) is 5.91 Å². The lowest BCUT2D eigenvalue weighted by atomic mass is 10.2. The first-order valence-electron chi connectivity index (χ1n) is 6.68. The van der Waals surface area contributed by atoms with Crippen molar-refractivity contribution >= 4 is 11.9 Å². The van der Waals surface area contributed by atoms with Gasteiger partial charge in [-0.3, -0.25) is 4.79 Å². The van der Waals surface area contributed by atoms with Crippen LogP contribution in [0.25, 0.3) is 0 Å². The Morgan fingerprint density at radius 2 is 1.90 bits per heavy atom. The van der Waals surface area contributed by atoms with Crippen molar-refractivity contribution in [3.63, 3.8) is 0 Å². The Morgan fingerprint density at radius 1 is 1.19 bits per heavy atom. The fourth-order valence-corrected chi connectivity index (χ4v) is 1.71. The Labute approximate surface area is 123 Å². The van der Waals surface area contributed by atoms with Gasteiger partial charge in [-0.1, -0.05) is 12.1 Å². The van der Waals surface area contributed by atoms with Gasteiger partial charge in [-0.15, -0.1) is 0 Å². The van der Waals surface area contributed by atoms with Crippen LogP contribution < -0.4 is 15.4 Å². The van der Waals surface area contributed by atoms with E-state index in [4.69, 9.17) is 4.74 Å². The maximum absolute atomic E-state index is 11.7. The number of nitrogens with one attached hydrogen (secondary N) is 2. The Balaban J connectivity index is 1.67. The van der Waals surface area contributed by atoms with Crippen molar-refractivity contribution in [2.45, 2.75) is 13.0 Å². The molecule has 0 bridgehead atoms. The van der Waals surface area contributed by atoms with Crippen molar-refractivity contribution in [1.82, 2.24) is 15.3 Å². The number of ether oxygens (including phenoxy) is 1. The molecule has 0 unspecified atom stereocenters. The number of rotatable bonds is 7. The van der Waals surface area contributed by atoms with Gasteiger partial charge in [-0.2, -0.15) is 0 Å². The summed E-state index contributed by atoms with van der Waals surface area (Å²) in [6.07, 6.45) is 3.67. The van der Waals surface area contributed by atoms with Gasteiger partial charge in [0.25, 0.3) is 0 Å². The standard InChI is InChI=1S/C15H18N4O2/c1-21-13-5-3-12(4-6-13)11-19-14(20)7-10-18-15-16-8-2-9-17-15/h2-6,8-9H,7,10-11H2,1H3,(H,19,20)(H,16,17,18). The lowest BCUT2D eigenvalue weighted by Crippen LogP contribution is -2.25. The van der Waals surface area contributed by atoms with E-state index in [0.29, 0.717) is 25.5 Å². The average molecular weight is 286 g/mol. The van der Waals surface area contributed by atoms with Crippen LogP contribution in [0.15, 0.2) is 42.7 Å². The molecule has 0 saturated carbocycles. The molecule has 6 heteroatoms. The zero-order chi connectivity index (χ0) is 14.9. The first kappa shape index (κ1) is 14.8. The third-order valence-electron chi connectivity index (χ3n) is 2.85. The highest BCUT2D eigenvalue weighted by Gasteiger charge is 2.02. The maximum atomic E-state index is 11.7. The lowest BCUT2D eigenvalue weighted by Gasteiger charge is -2.07. The van der Waals surface area contributed by atoms with Gasteiger partial charge >= 0.3 is 0 Å². The van der Waals surface area contributed by atoms with E-state index in [2.05, 4.69) is 20.6 Å². The van der Waals surface area contributed by atoms with Gasteiger partial charge in [0, 0.05) is 31.9 Å². The van der Waals surface area contributed by atoms with Crippen molar-refractivity contribution < 1.29 is 9.53 Å². The summed E-state index contributed by atoms with van der Waals surface area (Å²) in [4.78, 5) is 19.8. The van der Waals surface area contributed by atoms with Crippen molar-refractivity contribution in [3.05, 3.63) is 48.3 Å². The average Bonchev–Trinajstić information content (AvgIpc) is 2.54. The van der Waals surface area contributed by atoms with Crippen molar-refractivity contribution in [3.8, 4) is 5.75 Å². The van der Waals surface area contributed by atoms with Crippen LogP contribution in [0.2, 0.25) is 0 Å². The largest absolute Gasteiger partial charge is 0.497 e. The lowest BCUT2D eigenvalue weighted by molar-refractivity contribution is -0.121. The van der Waals surface area contributed by atoms with Crippen LogP contribution in [0.4, 0.5) is 5.95 Å². The van der Waals surface area contributed by atoms with Gasteiger partial charge in [-0.25, -0.2) is 9.97 Å². The highest BCUT2D eigenvalue weighted by molar-refractivity contribution is 5.76. The maximum Gasteiger partial charge on any atom is 0.222 e. The first-order chi connectivity index (χ1) is 10.3. The second-order valence-corrected chi connectivity index (χ2v) is 4.37. The summed E-state index contributed by atoms with van der Waals surface area (Å²) in [6.45, 7) is 1.00. The minimum atomic E-state index is -0.0192. The first-order valence-corrected chi connectivity index (χ1v) is 6.68. The Kier molecular flexibility index (Phi) is 5.51. The molecule has 1 heterocycles. The molecule has 6 nitrogen and oxygen atoms in total. The van der Waals surface area contributed by atoms with Crippen LogP contribution in [0.1, 0.15) is 12.0 Å². The highest BCUT2D eigenvalue weighted by atomic mass is 16.5. The molecule has 110 valence electrons. The van der Waals surface area contributed by atoms with Crippen LogP contribution in [-0.2, 0) is 11.3 Å². The van der Waals surface area contributed by atoms with Gasteiger partial charge in [0.1, 0.15) is 5.75 Å². The number of hydrogen-bond acceptors (Lipinski definition) is 5. The number of nitrogens with zero attached hydrogens (tertiary/aromatic N) is 2. The zero-order valence-corrected chi connectivity index (χ0v) is 11.9. The molecule has 0 aliphatic heterocycles. The molecule has 0 saturated heterocycles. The number of carbonyl (C=O) groups is 1. The summed E-state index contributed by atoms with van der Waals surface area (Å²) < 4.78 is 5.08. The monoisotopic (exact) mass is 286 g/mol. The summed E-state index contributed by atoms with van der Waals surface area (Å²) in [5, 5.41) is 5.85. The van der Waals surface area contributed by atoms with Crippen LogP contribution in [0.5, 0.6) is 5.75 Å². The van der Waals surface area contributed by atoms with Gasteiger partial charge in [-0.05, 0) is 23.8 Å². The summed E-state index contributed by atoms with van der Waals surface area (Å²) in [6, 6.07) is 9.34. The van der Waals surface area contributed by atoms with E-state index in [9.17, 15) is 4.79 Å². The number of hydrogen-bond donors (Lipinski definition) is 2. The molecule has 1 aromatic heterocycles.